The second kappa shape index (κ2) is 6.58. The quantitative estimate of drug-likeness (QED) is 0.639. The molecule has 0 aliphatic carbocycles. The molecule has 0 amide bonds. The van der Waals surface area contributed by atoms with Crippen molar-refractivity contribution in [1.29, 1.82) is 0 Å². The number of hydrogen-bond donors (Lipinski definition) is 0. The van der Waals surface area contributed by atoms with Gasteiger partial charge in [0.2, 0.25) is 5.90 Å². The number of hydrogen-bond acceptors (Lipinski definition) is 5. The predicted molar refractivity (Wildman–Crippen MR) is 91.3 cm³/mol. The van der Waals surface area contributed by atoms with Crippen LogP contribution in [-0.2, 0) is 9.53 Å². The van der Waals surface area contributed by atoms with Crippen LogP contribution < -0.4 is 9.47 Å². The van der Waals surface area contributed by atoms with E-state index in [1.54, 1.807) is 38.5 Å². The Morgan fingerprint density at radius 1 is 1.04 bits per heavy atom. The van der Waals surface area contributed by atoms with Crippen LogP contribution in [0.2, 0.25) is 0 Å². The van der Waals surface area contributed by atoms with Crippen molar-refractivity contribution in [3.63, 3.8) is 0 Å². The van der Waals surface area contributed by atoms with Gasteiger partial charge in [-0.05, 0) is 42.3 Å². The van der Waals surface area contributed by atoms with Gasteiger partial charge in [-0.2, -0.15) is 0 Å². The summed E-state index contributed by atoms with van der Waals surface area (Å²) >= 11 is 0. The van der Waals surface area contributed by atoms with Gasteiger partial charge in [0.05, 0.1) is 14.2 Å². The maximum Gasteiger partial charge on any atom is 0.363 e. The highest BCUT2D eigenvalue weighted by Gasteiger charge is 2.25. The Balaban J connectivity index is 1.96. The molecule has 24 heavy (non-hydrogen) atoms. The summed E-state index contributed by atoms with van der Waals surface area (Å²) < 4.78 is 15.8. The molecule has 122 valence electrons. The molecule has 1 heterocycles. The van der Waals surface area contributed by atoms with Crippen LogP contribution in [0.5, 0.6) is 11.5 Å². The van der Waals surface area contributed by atoms with Gasteiger partial charge in [0.15, 0.2) is 17.2 Å². The number of esters is 1. The summed E-state index contributed by atoms with van der Waals surface area (Å²) in [6.45, 7) is 1.98. The molecule has 0 atom stereocenters. The van der Waals surface area contributed by atoms with Gasteiger partial charge in [-0.3, -0.25) is 0 Å². The molecule has 2 aromatic carbocycles. The van der Waals surface area contributed by atoms with Crippen LogP contribution in [0, 0.1) is 6.92 Å². The van der Waals surface area contributed by atoms with Crippen molar-refractivity contribution in [2.45, 2.75) is 6.92 Å². The molecule has 5 nitrogen and oxygen atoms in total. The summed E-state index contributed by atoms with van der Waals surface area (Å²) in [6.07, 6.45) is 1.73. The summed E-state index contributed by atoms with van der Waals surface area (Å²) in [4.78, 5) is 16.4. The van der Waals surface area contributed by atoms with E-state index in [1.807, 2.05) is 31.2 Å². The van der Waals surface area contributed by atoms with Gasteiger partial charge in [0, 0.05) is 5.56 Å². The molecule has 3 rings (SSSR count). The number of cyclic esters (lactones) is 1. The van der Waals surface area contributed by atoms with E-state index in [0.29, 0.717) is 17.1 Å². The Morgan fingerprint density at radius 3 is 2.50 bits per heavy atom. The van der Waals surface area contributed by atoms with E-state index < -0.39 is 5.97 Å². The molecule has 0 saturated carbocycles. The van der Waals surface area contributed by atoms with E-state index in [9.17, 15) is 4.79 Å². The SMILES string of the molecule is COc1ccc(C2=N/C(=C/c3ccccc3C)C(=O)O2)cc1OC. The molecule has 0 fully saturated rings. The topological polar surface area (TPSA) is 57.1 Å². The number of carbonyl (C=O) groups excluding carboxylic acids is 1. The molecule has 0 spiro atoms. The number of aryl methyl sites for hydroxylation is 1. The first kappa shape index (κ1) is 15.8. The zero-order chi connectivity index (χ0) is 17.1. The van der Waals surface area contributed by atoms with Crippen molar-refractivity contribution < 1.29 is 19.0 Å². The Labute approximate surface area is 140 Å². The Morgan fingerprint density at radius 2 is 1.79 bits per heavy atom. The highest BCUT2D eigenvalue weighted by atomic mass is 16.6. The van der Waals surface area contributed by atoms with Crippen molar-refractivity contribution in [2.24, 2.45) is 4.99 Å². The fraction of sp³-hybridized carbons (Fsp3) is 0.158. The first-order valence-electron chi connectivity index (χ1n) is 7.43. The molecule has 0 radical (unpaired) electrons. The standard InChI is InChI=1S/C19H17NO4/c1-12-6-4-5-7-13(12)10-15-19(21)24-18(20-15)14-8-9-16(22-2)17(11-14)23-3/h4-11H,1-3H3/b15-10+. The number of methoxy groups -OCH3 is 2. The van der Waals surface area contributed by atoms with Gasteiger partial charge < -0.3 is 14.2 Å². The zero-order valence-electron chi connectivity index (χ0n) is 13.7. The molecular weight excluding hydrogens is 306 g/mol. The minimum atomic E-state index is -0.469. The Bertz CT molecular complexity index is 852. The van der Waals surface area contributed by atoms with Crippen LogP contribution in [0.3, 0.4) is 0 Å². The highest BCUT2D eigenvalue weighted by Crippen LogP contribution is 2.29. The first-order chi connectivity index (χ1) is 11.6. The normalized spacial score (nSPS) is 15.2. The largest absolute Gasteiger partial charge is 0.493 e. The van der Waals surface area contributed by atoms with Gasteiger partial charge in [0.1, 0.15) is 0 Å². The lowest BCUT2D eigenvalue weighted by atomic mass is 10.1. The Hall–Kier alpha value is -3.08. The monoisotopic (exact) mass is 323 g/mol. The summed E-state index contributed by atoms with van der Waals surface area (Å²) in [6, 6.07) is 13.0. The fourth-order valence-electron chi connectivity index (χ4n) is 2.40. The number of rotatable bonds is 4. The predicted octanol–water partition coefficient (Wildman–Crippen LogP) is 3.36. The van der Waals surface area contributed by atoms with E-state index in [0.717, 1.165) is 11.1 Å². The van der Waals surface area contributed by atoms with E-state index in [1.165, 1.54) is 0 Å². The van der Waals surface area contributed by atoms with Crippen molar-refractivity contribution in [2.75, 3.05) is 14.2 Å². The molecule has 5 heteroatoms. The van der Waals surface area contributed by atoms with Crippen LogP contribution in [0.4, 0.5) is 0 Å². The van der Waals surface area contributed by atoms with Crippen LogP contribution in [0.25, 0.3) is 6.08 Å². The van der Waals surface area contributed by atoms with Crippen LogP contribution in [-0.4, -0.2) is 26.1 Å². The lowest BCUT2D eigenvalue weighted by molar-refractivity contribution is -0.129. The highest BCUT2D eigenvalue weighted by molar-refractivity contribution is 6.13. The van der Waals surface area contributed by atoms with Crippen molar-refractivity contribution in [3.05, 3.63) is 64.9 Å². The van der Waals surface area contributed by atoms with Crippen LogP contribution in [0.1, 0.15) is 16.7 Å². The van der Waals surface area contributed by atoms with Gasteiger partial charge in [-0.25, -0.2) is 9.79 Å². The lowest BCUT2D eigenvalue weighted by Gasteiger charge is -2.08. The van der Waals surface area contributed by atoms with Gasteiger partial charge >= 0.3 is 5.97 Å². The summed E-state index contributed by atoms with van der Waals surface area (Å²) in [7, 11) is 3.11. The third-order valence-electron chi connectivity index (χ3n) is 3.73. The molecular formula is C19H17NO4. The molecule has 0 N–H and O–H groups in total. The first-order valence-corrected chi connectivity index (χ1v) is 7.43. The number of nitrogens with zero attached hydrogens (tertiary/aromatic N) is 1. The molecule has 0 unspecified atom stereocenters. The zero-order valence-corrected chi connectivity index (χ0v) is 13.7. The van der Waals surface area contributed by atoms with Gasteiger partial charge in [0.25, 0.3) is 0 Å². The average Bonchev–Trinajstić information content (AvgIpc) is 2.97. The second-order valence-corrected chi connectivity index (χ2v) is 5.26. The van der Waals surface area contributed by atoms with Crippen molar-refractivity contribution in [1.82, 2.24) is 0 Å². The third-order valence-corrected chi connectivity index (χ3v) is 3.73. The molecule has 1 aliphatic rings. The molecule has 0 aromatic heterocycles. The summed E-state index contributed by atoms with van der Waals surface area (Å²) in [5.41, 5.74) is 2.91. The van der Waals surface area contributed by atoms with Crippen LogP contribution in [0.15, 0.2) is 53.2 Å². The van der Waals surface area contributed by atoms with Crippen molar-refractivity contribution in [3.8, 4) is 11.5 Å². The summed E-state index contributed by atoms with van der Waals surface area (Å²) in [5.74, 6) is 0.927. The maximum absolute atomic E-state index is 12.1. The van der Waals surface area contributed by atoms with E-state index in [2.05, 4.69) is 4.99 Å². The molecule has 0 bridgehead atoms. The van der Waals surface area contributed by atoms with Gasteiger partial charge in [-0.15, -0.1) is 0 Å². The maximum atomic E-state index is 12.1. The number of aliphatic imine (C=N–C) groups is 1. The average molecular weight is 323 g/mol. The van der Waals surface area contributed by atoms with Crippen LogP contribution >= 0.6 is 0 Å². The minimum absolute atomic E-state index is 0.251. The second-order valence-electron chi connectivity index (χ2n) is 5.26. The number of carbonyl (C=O) groups is 1. The minimum Gasteiger partial charge on any atom is -0.493 e. The lowest BCUT2D eigenvalue weighted by Crippen LogP contribution is -2.06. The third kappa shape index (κ3) is 3.01. The Kier molecular flexibility index (Phi) is 4.33. The van der Waals surface area contributed by atoms with E-state index in [4.69, 9.17) is 14.2 Å². The number of ether oxygens (including phenoxy) is 3. The summed E-state index contributed by atoms with van der Waals surface area (Å²) in [5, 5.41) is 0. The van der Waals surface area contributed by atoms with E-state index in [-0.39, 0.29) is 11.6 Å². The smallest absolute Gasteiger partial charge is 0.363 e. The number of benzene rings is 2. The van der Waals surface area contributed by atoms with E-state index >= 15 is 0 Å². The van der Waals surface area contributed by atoms with Gasteiger partial charge in [-0.1, -0.05) is 24.3 Å². The van der Waals surface area contributed by atoms with Crippen molar-refractivity contribution >= 4 is 17.9 Å². The molecule has 1 aliphatic heterocycles. The molecule has 2 aromatic rings. The fourth-order valence-corrected chi connectivity index (χ4v) is 2.40. The molecule has 0 saturated heterocycles.